The van der Waals surface area contributed by atoms with Gasteiger partial charge in [-0.25, -0.2) is 0 Å². The van der Waals surface area contributed by atoms with E-state index in [4.69, 9.17) is 9.47 Å². The minimum absolute atomic E-state index is 0.203. The van der Waals surface area contributed by atoms with E-state index < -0.39 is 0 Å². The van der Waals surface area contributed by atoms with Crippen LogP contribution in [0.1, 0.15) is 20.8 Å². The normalized spacial score (nSPS) is 19.4. The zero-order chi connectivity index (χ0) is 16.4. The third-order valence-electron chi connectivity index (χ3n) is 3.71. The van der Waals surface area contributed by atoms with Crippen LogP contribution in [0, 0.1) is 5.92 Å². The molecule has 0 radical (unpaired) electrons. The van der Waals surface area contributed by atoms with Gasteiger partial charge in [-0.2, -0.15) is 0 Å². The van der Waals surface area contributed by atoms with Gasteiger partial charge in [0.1, 0.15) is 0 Å². The Bertz CT molecular complexity index is 357. The standard InChI is InChI=1S/C15H30N4O3/c1-5-16-15(17-10-12(2)14(20)21-4)18-11-13(3)19-6-8-22-9-7-19/h12-13H,5-11H2,1-4H3,(H2,16,17,18). The molecule has 0 saturated carbocycles. The number of ether oxygens (including phenoxy) is 2. The first kappa shape index (κ1) is 18.7. The lowest BCUT2D eigenvalue weighted by Gasteiger charge is -2.31. The van der Waals surface area contributed by atoms with Crippen LogP contribution >= 0.6 is 0 Å². The van der Waals surface area contributed by atoms with E-state index in [0.717, 1.165) is 38.8 Å². The Labute approximate surface area is 133 Å². The number of nitrogens with one attached hydrogen (secondary N) is 2. The smallest absolute Gasteiger partial charge is 0.310 e. The Balaban J connectivity index is 2.44. The highest BCUT2D eigenvalue weighted by molar-refractivity contribution is 5.80. The number of aliphatic imine (C=N–C) groups is 1. The lowest BCUT2D eigenvalue weighted by atomic mass is 10.2. The summed E-state index contributed by atoms with van der Waals surface area (Å²) >= 11 is 0. The quantitative estimate of drug-likeness (QED) is 0.393. The van der Waals surface area contributed by atoms with Crippen molar-refractivity contribution in [2.75, 3.05) is 53.0 Å². The van der Waals surface area contributed by atoms with Crippen molar-refractivity contribution in [1.82, 2.24) is 15.5 Å². The van der Waals surface area contributed by atoms with Gasteiger partial charge in [0.05, 0.1) is 32.8 Å². The Hall–Kier alpha value is -1.34. The number of guanidine groups is 1. The summed E-state index contributed by atoms with van der Waals surface area (Å²) in [5.74, 6) is 0.314. The Kier molecular flexibility index (Phi) is 8.84. The largest absolute Gasteiger partial charge is 0.469 e. The van der Waals surface area contributed by atoms with Gasteiger partial charge in [0.2, 0.25) is 0 Å². The molecule has 2 N–H and O–H groups in total. The molecule has 7 nitrogen and oxygen atoms in total. The Morgan fingerprint density at radius 2 is 2.00 bits per heavy atom. The van der Waals surface area contributed by atoms with E-state index in [9.17, 15) is 4.79 Å². The number of carbonyl (C=O) groups is 1. The zero-order valence-corrected chi connectivity index (χ0v) is 14.2. The van der Waals surface area contributed by atoms with Gasteiger partial charge in [0, 0.05) is 32.2 Å². The van der Waals surface area contributed by atoms with Crippen molar-refractivity contribution >= 4 is 11.9 Å². The summed E-state index contributed by atoms with van der Waals surface area (Å²) in [5, 5.41) is 6.39. The molecule has 2 unspecified atom stereocenters. The van der Waals surface area contributed by atoms with Crippen LogP contribution in [-0.2, 0) is 14.3 Å². The molecular formula is C15H30N4O3. The van der Waals surface area contributed by atoms with Crippen LogP contribution in [0.2, 0.25) is 0 Å². The van der Waals surface area contributed by atoms with Gasteiger partial charge in [0.15, 0.2) is 5.96 Å². The fraction of sp³-hybridized carbons (Fsp3) is 0.867. The molecule has 0 aliphatic carbocycles. The summed E-state index contributed by atoms with van der Waals surface area (Å²) in [5.41, 5.74) is 0. The number of nitrogens with zero attached hydrogens (tertiary/aromatic N) is 2. The Morgan fingerprint density at radius 1 is 1.32 bits per heavy atom. The van der Waals surface area contributed by atoms with Crippen LogP contribution in [0.15, 0.2) is 4.99 Å². The SMILES string of the molecule is CCNC(=NCC(C)N1CCOCC1)NCC(C)C(=O)OC. The van der Waals surface area contributed by atoms with Crippen molar-refractivity contribution in [2.45, 2.75) is 26.8 Å². The van der Waals surface area contributed by atoms with E-state index in [0.29, 0.717) is 19.1 Å². The molecule has 22 heavy (non-hydrogen) atoms. The molecule has 0 aromatic rings. The third kappa shape index (κ3) is 6.62. The average molecular weight is 314 g/mol. The van der Waals surface area contributed by atoms with Crippen LogP contribution in [0.25, 0.3) is 0 Å². The van der Waals surface area contributed by atoms with Crippen molar-refractivity contribution < 1.29 is 14.3 Å². The number of morpholine rings is 1. The van der Waals surface area contributed by atoms with Gasteiger partial charge in [-0.15, -0.1) is 0 Å². The summed E-state index contributed by atoms with van der Waals surface area (Å²) in [7, 11) is 1.40. The maximum Gasteiger partial charge on any atom is 0.310 e. The second kappa shape index (κ2) is 10.4. The number of esters is 1. The molecule has 0 aromatic heterocycles. The lowest BCUT2D eigenvalue weighted by molar-refractivity contribution is -0.144. The van der Waals surface area contributed by atoms with E-state index in [-0.39, 0.29) is 11.9 Å². The first-order chi connectivity index (χ1) is 10.6. The number of methoxy groups -OCH3 is 1. The van der Waals surface area contributed by atoms with Crippen LogP contribution < -0.4 is 10.6 Å². The topological polar surface area (TPSA) is 75.2 Å². The highest BCUT2D eigenvalue weighted by Gasteiger charge is 2.17. The highest BCUT2D eigenvalue weighted by atomic mass is 16.5. The summed E-state index contributed by atoms with van der Waals surface area (Å²) in [6.45, 7) is 11.5. The molecule has 0 bridgehead atoms. The molecular weight excluding hydrogens is 284 g/mol. The summed E-state index contributed by atoms with van der Waals surface area (Å²) < 4.78 is 10.1. The molecule has 2 atom stereocenters. The predicted molar refractivity (Wildman–Crippen MR) is 87.0 cm³/mol. The third-order valence-corrected chi connectivity index (χ3v) is 3.71. The second-order valence-corrected chi connectivity index (χ2v) is 5.52. The van der Waals surface area contributed by atoms with E-state index in [1.807, 2.05) is 13.8 Å². The summed E-state index contributed by atoms with van der Waals surface area (Å²) in [4.78, 5) is 18.4. The summed E-state index contributed by atoms with van der Waals surface area (Å²) in [6, 6.07) is 0.373. The lowest BCUT2D eigenvalue weighted by Crippen LogP contribution is -2.45. The number of hydrogen-bond donors (Lipinski definition) is 2. The molecule has 7 heteroatoms. The molecule has 1 saturated heterocycles. The van der Waals surface area contributed by atoms with Crippen molar-refractivity contribution in [2.24, 2.45) is 10.9 Å². The maximum atomic E-state index is 11.4. The van der Waals surface area contributed by atoms with Gasteiger partial charge in [-0.1, -0.05) is 6.92 Å². The minimum Gasteiger partial charge on any atom is -0.469 e. The first-order valence-corrected chi connectivity index (χ1v) is 8.00. The number of hydrogen-bond acceptors (Lipinski definition) is 5. The molecule has 128 valence electrons. The fourth-order valence-corrected chi connectivity index (χ4v) is 2.23. The van der Waals surface area contributed by atoms with Crippen LogP contribution in [-0.4, -0.2) is 75.9 Å². The molecule has 0 spiro atoms. The van der Waals surface area contributed by atoms with Crippen LogP contribution in [0.4, 0.5) is 0 Å². The van der Waals surface area contributed by atoms with Gasteiger partial charge >= 0.3 is 5.97 Å². The van der Waals surface area contributed by atoms with Crippen molar-refractivity contribution in [3.8, 4) is 0 Å². The van der Waals surface area contributed by atoms with E-state index in [1.165, 1.54) is 7.11 Å². The van der Waals surface area contributed by atoms with Gasteiger partial charge < -0.3 is 20.1 Å². The summed E-state index contributed by atoms with van der Waals surface area (Å²) in [6.07, 6.45) is 0. The molecule has 1 aliphatic heterocycles. The minimum atomic E-state index is -0.218. The van der Waals surface area contributed by atoms with E-state index >= 15 is 0 Å². The average Bonchev–Trinajstić information content (AvgIpc) is 2.56. The maximum absolute atomic E-state index is 11.4. The molecule has 1 rings (SSSR count). The monoisotopic (exact) mass is 314 g/mol. The molecule has 1 aliphatic rings. The van der Waals surface area contributed by atoms with Crippen LogP contribution in [0.5, 0.6) is 0 Å². The van der Waals surface area contributed by atoms with Gasteiger partial charge in [-0.3, -0.25) is 14.7 Å². The number of carbonyl (C=O) groups excluding carboxylic acids is 1. The molecule has 0 aromatic carbocycles. The molecule has 0 amide bonds. The van der Waals surface area contributed by atoms with Crippen LogP contribution in [0.3, 0.4) is 0 Å². The molecule has 1 fully saturated rings. The molecule has 1 heterocycles. The zero-order valence-electron chi connectivity index (χ0n) is 14.2. The van der Waals surface area contributed by atoms with E-state index in [1.54, 1.807) is 0 Å². The number of rotatable bonds is 7. The van der Waals surface area contributed by atoms with E-state index in [2.05, 4.69) is 27.4 Å². The predicted octanol–water partition coefficient (Wildman–Crippen LogP) is 0.0713. The van der Waals surface area contributed by atoms with Gasteiger partial charge in [0.25, 0.3) is 0 Å². The highest BCUT2D eigenvalue weighted by Crippen LogP contribution is 2.03. The fourth-order valence-electron chi connectivity index (χ4n) is 2.23. The van der Waals surface area contributed by atoms with Crippen molar-refractivity contribution in [3.63, 3.8) is 0 Å². The van der Waals surface area contributed by atoms with Crippen molar-refractivity contribution in [1.29, 1.82) is 0 Å². The van der Waals surface area contributed by atoms with Crippen molar-refractivity contribution in [3.05, 3.63) is 0 Å². The second-order valence-electron chi connectivity index (χ2n) is 5.52. The first-order valence-electron chi connectivity index (χ1n) is 8.00. The Morgan fingerprint density at radius 3 is 2.59 bits per heavy atom. The van der Waals surface area contributed by atoms with Gasteiger partial charge in [-0.05, 0) is 13.8 Å².